The molecule has 0 saturated heterocycles. The minimum atomic E-state index is -0.337. The van der Waals surface area contributed by atoms with Crippen molar-refractivity contribution in [2.45, 2.75) is 38.7 Å². The Bertz CT molecular complexity index is 342. The predicted molar refractivity (Wildman–Crippen MR) is 66.9 cm³/mol. The van der Waals surface area contributed by atoms with Gasteiger partial charge < -0.3 is 10.8 Å². The van der Waals surface area contributed by atoms with Crippen molar-refractivity contribution in [1.29, 1.82) is 0 Å². The molecule has 0 aliphatic heterocycles. The number of nitrogens with two attached hydrogens (primary N) is 1. The molecule has 16 heavy (non-hydrogen) atoms. The second-order valence-electron chi connectivity index (χ2n) is 5.13. The summed E-state index contributed by atoms with van der Waals surface area (Å²) in [4.78, 5) is 0. The summed E-state index contributed by atoms with van der Waals surface area (Å²) in [6.45, 7) is 2.29. The first-order chi connectivity index (χ1) is 7.66. The lowest BCUT2D eigenvalue weighted by atomic mass is 9.78. The number of nitrogen functional groups attached to an aromatic ring is 1. The van der Waals surface area contributed by atoms with Crippen LogP contribution in [0.25, 0.3) is 0 Å². The minimum absolute atomic E-state index is 0.337. The first-order valence-electron chi connectivity index (χ1n) is 6.20. The van der Waals surface area contributed by atoms with Gasteiger partial charge in [0, 0.05) is 5.69 Å². The number of anilines is 1. The van der Waals surface area contributed by atoms with Crippen molar-refractivity contribution in [3.63, 3.8) is 0 Å². The third-order valence-corrected chi connectivity index (χ3v) is 3.76. The number of aliphatic hydroxyl groups is 1. The van der Waals surface area contributed by atoms with Crippen LogP contribution in [0.2, 0.25) is 0 Å². The molecule has 1 atom stereocenters. The molecule has 2 nitrogen and oxygen atoms in total. The Labute approximate surface area is 97.5 Å². The van der Waals surface area contributed by atoms with Gasteiger partial charge in [-0.05, 0) is 42.4 Å². The molecule has 1 saturated carbocycles. The van der Waals surface area contributed by atoms with Crippen molar-refractivity contribution < 1.29 is 5.11 Å². The smallest absolute Gasteiger partial charge is 0.0818 e. The summed E-state index contributed by atoms with van der Waals surface area (Å²) in [6, 6.07) is 7.64. The van der Waals surface area contributed by atoms with Crippen LogP contribution in [0.3, 0.4) is 0 Å². The van der Waals surface area contributed by atoms with E-state index in [9.17, 15) is 5.11 Å². The van der Waals surface area contributed by atoms with Gasteiger partial charge in [-0.2, -0.15) is 0 Å². The minimum Gasteiger partial charge on any atom is -0.399 e. The van der Waals surface area contributed by atoms with E-state index >= 15 is 0 Å². The fraction of sp³-hybridized carbons (Fsp3) is 0.571. The van der Waals surface area contributed by atoms with E-state index in [2.05, 4.69) is 6.92 Å². The highest BCUT2D eigenvalue weighted by Crippen LogP contribution is 2.36. The van der Waals surface area contributed by atoms with Crippen molar-refractivity contribution >= 4 is 5.69 Å². The van der Waals surface area contributed by atoms with Crippen LogP contribution < -0.4 is 5.73 Å². The Balaban J connectivity index is 2.04. The molecule has 2 rings (SSSR count). The molecule has 0 bridgehead atoms. The fourth-order valence-corrected chi connectivity index (χ4v) is 2.62. The molecule has 0 heterocycles. The van der Waals surface area contributed by atoms with Crippen LogP contribution in [-0.4, -0.2) is 5.11 Å². The van der Waals surface area contributed by atoms with Gasteiger partial charge in [0.1, 0.15) is 0 Å². The second kappa shape index (κ2) is 4.88. The number of hydrogen-bond donors (Lipinski definition) is 2. The average Bonchev–Trinajstić information content (AvgIpc) is 2.29. The topological polar surface area (TPSA) is 46.2 Å². The molecule has 88 valence electrons. The molecule has 0 radical (unpaired) electrons. The fourth-order valence-electron chi connectivity index (χ4n) is 2.62. The van der Waals surface area contributed by atoms with Gasteiger partial charge in [0.05, 0.1) is 6.10 Å². The Hall–Kier alpha value is -1.02. The zero-order valence-corrected chi connectivity index (χ0v) is 9.89. The van der Waals surface area contributed by atoms with Crippen molar-refractivity contribution in [2.75, 3.05) is 5.73 Å². The largest absolute Gasteiger partial charge is 0.399 e. The van der Waals surface area contributed by atoms with E-state index in [1.165, 1.54) is 12.8 Å². The van der Waals surface area contributed by atoms with E-state index in [4.69, 9.17) is 5.73 Å². The molecule has 1 aliphatic carbocycles. The Kier molecular flexibility index (Phi) is 3.49. The lowest BCUT2D eigenvalue weighted by Gasteiger charge is -2.30. The quantitative estimate of drug-likeness (QED) is 0.751. The first kappa shape index (κ1) is 11.5. The van der Waals surface area contributed by atoms with Crippen LogP contribution in [0.4, 0.5) is 5.69 Å². The molecule has 0 spiro atoms. The van der Waals surface area contributed by atoms with Gasteiger partial charge in [0.2, 0.25) is 0 Å². The SMILES string of the molecule is CC1CCC(C(O)c2cccc(N)c2)CC1. The summed E-state index contributed by atoms with van der Waals surface area (Å²) in [5.74, 6) is 1.24. The molecule has 0 amide bonds. The highest BCUT2D eigenvalue weighted by molar-refractivity contribution is 5.41. The van der Waals surface area contributed by atoms with Crippen molar-refractivity contribution in [2.24, 2.45) is 11.8 Å². The van der Waals surface area contributed by atoms with E-state index in [0.717, 1.165) is 30.0 Å². The Morgan fingerprint density at radius 2 is 1.94 bits per heavy atom. The van der Waals surface area contributed by atoms with Crippen molar-refractivity contribution in [3.05, 3.63) is 29.8 Å². The summed E-state index contributed by atoms with van der Waals surface area (Å²) in [5.41, 5.74) is 7.45. The van der Waals surface area contributed by atoms with Gasteiger partial charge >= 0.3 is 0 Å². The standard InChI is InChI=1S/C14H21NO/c1-10-5-7-11(8-6-10)14(16)12-3-2-4-13(15)9-12/h2-4,9-11,14,16H,5-8,15H2,1H3. The third-order valence-electron chi connectivity index (χ3n) is 3.76. The number of aliphatic hydroxyl groups excluding tert-OH is 1. The van der Waals surface area contributed by atoms with Crippen LogP contribution in [0, 0.1) is 11.8 Å². The van der Waals surface area contributed by atoms with Crippen LogP contribution >= 0.6 is 0 Å². The van der Waals surface area contributed by atoms with E-state index in [1.54, 1.807) is 0 Å². The lowest BCUT2D eigenvalue weighted by molar-refractivity contribution is 0.0756. The van der Waals surface area contributed by atoms with Gasteiger partial charge in [0.15, 0.2) is 0 Å². The van der Waals surface area contributed by atoms with Crippen LogP contribution in [-0.2, 0) is 0 Å². The second-order valence-corrected chi connectivity index (χ2v) is 5.13. The normalized spacial score (nSPS) is 27.6. The maximum atomic E-state index is 10.3. The molecule has 1 aromatic rings. The van der Waals surface area contributed by atoms with Crippen LogP contribution in [0.1, 0.15) is 44.3 Å². The predicted octanol–water partition coefficient (Wildman–Crippen LogP) is 3.13. The average molecular weight is 219 g/mol. The van der Waals surface area contributed by atoms with Gasteiger partial charge in [-0.25, -0.2) is 0 Å². The molecular weight excluding hydrogens is 198 g/mol. The maximum Gasteiger partial charge on any atom is 0.0818 e. The summed E-state index contributed by atoms with van der Waals surface area (Å²) < 4.78 is 0. The summed E-state index contributed by atoms with van der Waals surface area (Å²) >= 11 is 0. The van der Waals surface area contributed by atoms with E-state index in [0.29, 0.717) is 5.92 Å². The van der Waals surface area contributed by atoms with E-state index in [-0.39, 0.29) is 6.10 Å². The molecule has 1 fully saturated rings. The van der Waals surface area contributed by atoms with E-state index in [1.807, 2.05) is 24.3 Å². The van der Waals surface area contributed by atoms with Crippen LogP contribution in [0.5, 0.6) is 0 Å². The zero-order valence-electron chi connectivity index (χ0n) is 9.89. The molecule has 1 aromatic carbocycles. The number of benzene rings is 1. The lowest BCUT2D eigenvalue weighted by Crippen LogP contribution is -2.19. The van der Waals surface area contributed by atoms with Gasteiger partial charge in [-0.15, -0.1) is 0 Å². The van der Waals surface area contributed by atoms with Gasteiger partial charge in [0.25, 0.3) is 0 Å². The highest BCUT2D eigenvalue weighted by Gasteiger charge is 2.25. The number of hydrogen-bond acceptors (Lipinski definition) is 2. The number of rotatable bonds is 2. The molecule has 3 N–H and O–H groups in total. The van der Waals surface area contributed by atoms with Gasteiger partial charge in [-0.3, -0.25) is 0 Å². The zero-order chi connectivity index (χ0) is 11.5. The summed E-state index contributed by atoms with van der Waals surface area (Å²) in [5, 5.41) is 10.3. The molecule has 1 aliphatic rings. The summed E-state index contributed by atoms with van der Waals surface area (Å²) in [7, 11) is 0. The highest BCUT2D eigenvalue weighted by atomic mass is 16.3. The molecule has 1 unspecified atom stereocenters. The molecule has 2 heteroatoms. The summed E-state index contributed by atoms with van der Waals surface area (Å²) in [6.07, 6.45) is 4.42. The molecule has 0 aromatic heterocycles. The maximum absolute atomic E-state index is 10.3. The monoisotopic (exact) mass is 219 g/mol. The van der Waals surface area contributed by atoms with E-state index < -0.39 is 0 Å². The first-order valence-corrected chi connectivity index (χ1v) is 6.20. The van der Waals surface area contributed by atoms with Crippen LogP contribution in [0.15, 0.2) is 24.3 Å². The Morgan fingerprint density at radius 3 is 2.56 bits per heavy atom. The molecular formula is C14H21NO. The Morgan fingerprint density at radius 1 is 1.25 bits per heavy atom. The third kappa shape index (κ3) is 2.56. The van der Waals surface area contributed by atoms with Crippen molar-refractivity contribution in [1.82, 2.24) is 0 Å². The van der Waals surface area contributed by atoms with Crippen molar-refractivity contribution in [3.8, 4) is 0 Å². The van der Waals surface area contributed by atoms with Gasteiger partial charge in [-0.1, -0.05) is 31.9 Å².